The van der Waals surface area contributed by atoms with Gasteiger partial charge in [0.05, 0.1) is 13.2 Å². The van der Waals surface area contributed by atoms with Crippen LogP contribution in [0.4, 0.5) is 4.79 Å². The van der Waals surface area contributed by atoms with E-state index < -0.39 is 5.60 Å². The Hall–Kier alpha value is -1.03. The second-order valence-corrected chi connectivity index (χ2v) is 5.76. The van der Waals surface area contributed by atoms with E-state index in [1.165, 1.54) is 0 Å². The van der Waals surface area contributed by atoms with E-state index in [1.54, 1.807) is 11.0 Å². The molecule has 0 N–H and O–H groups in total. The Balaban J connectivity index is 2.38. The highest BCUT2D eigenvalue weighted by Gasteiger charge is 2.27. The Bertz CT molecular complexity index is 283. The minimum absolute atomic E-state index is 0.212. The smallest absolute Gasteiger partial charge is 0.410 e. The Morgan fingerprint density at radius 2 is 2.22 bits per heavy atom. The quantitative estimate of drug-likeness (QED) is 0.573. The first-order valence-corrected chi connectivity index (χ1v) is 6.59. The molecule has 1 fully saturated rings. The maximum atomic E-state index is 11.9. The molecular weight excluding hydrogens is 230 g/mol. The van der Waals surface area contributed by atoms with Crippen LogP contribution in [-0.2, 0) is 9.47 Å². The zero-order chi connectivity index (χ0) is 13.6. The number of hydrogen-bond donors (Lipinski definition) is 0. The number of amides is 1. The van der Waals surface area contributed by atoms with Gasteiger partial charge in [-0.2, -0.15) is 0 Å². The van der Waals surface area contributed by atoms with Crippen LogP contribution in [0.25, 0.3) is 0 Å². The predicted molar refractivity (Wildman–Crippen MR) is 71.5 cm³/mol. The van der Waals surface area contributed by atoms with Crippen LogP contribution in [-0.4, -0.2) is 42.9 Å². The van der Waals surface area contributed by atoms with E-state index in [-0.39, 0.29) is 6.09 Å². The summed E-state index contributed by atoms with van der Waals surface area (Å²) >= 11 is 0. The second kappa shape index (κ2) is 6.78. The lowest BCUT2D eigenvalue weighted by Gasteiger charge is -2.34. The van der Waals surface area contributed by atoms with Crippen LogP contribution in [0.1, 0.15) is 33.6 Å². The van der Waals surface area contributed by atoms with Gasteiger partial charge in [-0.1, -0.05) is 6.08 Å². The molecule has 0 aliphatic carbocycles. The van der Waals surface area contributed by atoms with Crippen molar-refractivity contribution in [2.45, 2.75) is 39.2 Å². The predicted octanol–water partition coefficient (Wildman–Crippen LogP) is 2.84. The van der Waals surface area contributed by atoms with Crippen LogP contribution in [0.2, 0.25) is 0 Å². The zero-order valence-corrected chi connectivity index (χ0v) is 11.8. The van der Waals surface area contributed by atoms with Crippen molar-refractivity contribution in [1.82, 2.24) is 4.90 Å². The van der Waals surface area contributed by atoms with Gasteiger partial charge in [-0.05, 0) is 33.6 Å². The van der Waals surface area contributed by atoms with Gasteiger partial charge in [-0.3, -0.25) is 0 Å². The molecule has 1 heterocycles. The number of piperidine rings is 1. The summed E-state index contributed by atoms with van der Waals surface area (Å²) in [6, 6.07) is 0. The third-order valence-corrected chi connectivity index (χ3v) is 2.76. The molecule has 0 aromatic rings. The lowest BCUT2D eigenvalue weighted by atomic mass is 9.99. The molecule has 0 spiro atoms. The fourth-order valence-electron chi connectivity index (χ4n) is 2.01. The molecule has 18 heavy (non-hydrogen) atoms. The lowest BCUT2D eigenvalue weighted by Crippen LogP contribution is -2.43. The molecule has 0 radical (unpaired) electrons. The van der Waals surface area contributed by atoms with Gasteiger partial charge in [0, 0.05) is 19.0 Å². The average Bonchev–Trinajstić information content (AvgIpc) is 2.27. The fraction of sp³-hybridized carbons (Fsp3) is 0.786. The van der Waals surface area contributed by atoms with Crippen molar-refractivity contribution in [3.05, 3.63) is 12.7 Å². The summed E-state index contributed by atoms with van der Waals surface area (Å²) in [6.07, 6.45) is 3.66. The normalized spacial score (nSPS) is 20.6. The van der Waals surface area contributed by atoms with E-state index in [1.807, 2.05) is 20.8 Å². The molecule has 104 valence electrons. The number of carbonyl (C=O) groups excluding carboxylic acids is 1. The molecule has 0 saturated carbocycles. The first-order chi connectivity index (χ1) is 8.42. The molecule has 0 bridgehead atoms. The van der Waals surface area contributed by atoms with Gasteiger partial charge in [0.1, 0.15) is 5.60 Å². The van der Waals surface area contributed by atoms with E-state index in [9.17, 15) is 4.79 Å². The van der Waals surface area contributed by atoms with Gasteiger partial charge in [-0.15, -0.1) is 6.58 Å². The maximum Gasteiger partial charge on any atom is 0.410 e. The van der Waals surface area contributed by atoms with Crippen molar-refractivity contribution < 1.29 is 14.3 Å². The Kier molecular flexibility index (Phi) is 5.66. The number of rotatable bonds is 4. The third kappa shape index (κ3) is 5.54. The average molecular weight is 255 g/mol. The minimum atomic E-state index is -0.427. The summed E-state index contributed by atoms with van der Waals surface area (Å²) in [5.41, 5.74) is -0.427. The molecule has 1 aliphatic heterocycles. The van der Waals surface area contributed by atoms with Crippen molar-refractivity contribution in [1.29, 1.82) is 0 Å². The Morgan fingerprint density at radius 3 is 2.83 bits per heavy atom. The summed E-state index contributed by atoms with van der Waals surface area (Å²) in [7, 11) is 0. The molecule has 0 aromatic carbocycles. The largest absolute Gasteiger partial charge is 0.444 e. The summed E-state index contributed by atoms with van der Waals surface area (Å²) in [5, 5.41) is 0. The molecule has 0 aromatic heterocycles. The van der Waals surface area contributed by atoms with Crippen LogP contribution < -0.4 is 0 Å². The van der Waals surface area contributed by atoms with Crippen molar-refractivity contribution in [2.24, 2.45) is 5.92 Å². The fourth-order valence-corrected chi connectivity index (χ4v) is 2.01. The van der Waals surface area contributed by atoms with E-state index in [2.05, 4.69) is 6.58 Å². The van der Waals surface area contributed by atoms with Gasteiger partial charge in [-0.25, -0.2) is 4.79 Å². The number of hydrogen-bond acceptors (Lipinski definition) is 3. The molecule has 4 nitrogen and oxygen atoms in total. The highest BCUT2D eigenvalue weighted by Crippen LogP contribution is 2.19. The molecule has 1 atom stereocenters. The van der Waals surface area contributed by atoms with E-state index in [4.69, 9.17) is 9.47 Å². The molecule has 1 rings (SSSR count). The van der Waals surface area contributed by atoms with Gasteiger partial charge < -0.3 is 14.4 Å². The lowest BCUT2D eigenvalue weighted by molar-refractivity contribution is 0.00928. The first-order valence-electron chi connectivity index (χ1n) is 6.59. The van der Waals surface area contributed by atoms with Crippen LogP contribution in [0.15, 0.2) is 12.7 Å². The topological polar surface area (TPSA) is 38.8 Å². The molecule has 1 aliphatic rings. The third-order valence-electron chi connectivity index (χ3n) is 2.76. The van der Waals surface area contributed by atoms with Gasteiger partial charge >= 0.3 is 6.09 Å². The van der Waals surface area contributed by atoms with Crippen molar-refractivity contribution >= 4 is 6.09 Å². The number of likely N-dealkylation sites (tertiary alicyclic amines) is 1. The summed E-state index contributed by atoms with van der Waals surface area (Å²) in [5.74, 6) is 0.409. The highest BCUT2D eigenvalue weighted by molar-refractivity contribution is 5.68. The second-order valence-electron chi connectivity index (χ2n) is 5.76. The summed E-state index contributed by atoms with van der Waals surface area (Å²) in [4.78, 5) is 13.7. The molecule has 0 unspecified atom stereocenters. The summed E-state index contributed by atoms with van der Waals surface area (Å²) in [6.45, 7) is 12.1. The number of nitrogens with zero attached hydrogens (tertiary/aromatic N) is 1. The summed E-state index contributed by atoms with van der Waals surface area (Å²) < 4.78 is 10.8. The molecular formula is C14H25NO3. The van der Waals surface area contributed by atoms with Crippen LogP contribution in [0.5, 0.6) is 0 Å². The van der Waals surface area contributed by atoms with E-state index in [0.717, 1.165) is 25.9 Å². The Morgan fingerprint density at radius 1 is 1.50 bits per heavy atom. The Labute approximate surface area is 110 Å². The van der Waals surface area contributed by atoms with Gasteiger partial charge in [0.2, 0.25) is 0 Å². The number of ether oxygens (including phenoxy) is 2. The van der Waals surface area contributed by atoms with Gasteiger partial charge in [0.25, 0.3) is 0 Å². The van der Waals surface area contributed by atoms with Crippen LogP contribution >= 0.6 is 0 Å². The van der Waals surface area contributed by atoms with Crippen LogP contribution in [0.3, 0.4) is 0 Å². The maximum absolute atomic E-state index is 11.9. The van der Waals surface area contributed by atoms with E-state index in [0.29, 0.717) is 19.1 Å². The minimum Gasteiger partial charge on any atom is -0.444 e. The highest BCUT2D eigenvalue weighted by atomic mass is 16.6. The first kappa shape index (κ1) is 15.0. The standard InChI is InChI=1S/C14H25NO3/c1-5-9-17-11-12-7-6-8-15(10-12)13(16)18-14(2,3)4/h5,12H,1,6-11H2,2-4H3/t12-/m0/s1. The zero-order valence-electron chi connectivity index (χ0n) is 11.8. The van der Waals surface area contributed by atoms with Crippen molar-refractivity contribution in [2.75, 3.05) is 26.3 Å². The molecule has 4 heteroatoms. The SMILES string of the molecule is C=CCOC[C@H]1CCCN(C(=O)OC(C)(C)C)C1. The van der Waals surface area contributed by atoms with Gasteiger partial charge in [0.15, 0.2) is 0 Å². The monoisotopic (exact) mass is 255 g/mol. The number of carbonyl (C=O) groups is 1. The van der Waals surface area contributed by atoms with Crippen LogP contribution in [0, 0.1) is 5.92 Å². The van der Waals surface area contributed by atoms with E-state index >= 15 is 0 Å². The molecule has 1 amide bonds. The van der Waals surface area contributed by atoms with Crippen molar-refractivity contribution in [3.8, 4) is 0 Å². The van der Waals surface area contributed by atoms with Crippen molar-refractivity contribution in [3.63, 3.8) is 0 Å². The molecule has 1 saturated heterocycles.